The second kappa shape index (κ2) is 2.27. The van der Waals surface area contributed by atoms with Crippen molar-refractivity contribution >= 4 is 13.8 Å². The fourth-order valence-electron chi connectivity index (χ4n) is 2.56. The molecular formula is C9H15BO2. The van der Waals surface area contributed by atoms with Gasteiger partial charge in [-0.25, -0.2) is 0 Å². The van der Waals surface area contributed by atoms with E-state index in [2.05, 4.69) is 6.92 Å². The Kier molecular flexibility index (Phi) is 1.32. The van der Waals surface area contributed by atoms with E-state index in [0.717, 1.165) is 6.42 Å². The summed E-state index contributed by atoms with van der Waals surface area (Å²) >= 11 is 0. The molecule has 3 heteroatoms. The minimum Gasteiger partial charge on any atom is -0.465 e. The summed E-state index contributed by atoms with van der Waals surface area (Å²) in [5, 5.41) is -0.563. The first kappa shape index (κ1) is 6.99. The Bertz CT molecular complexity index is 266. The van der Waals surface area contributed by atoms with Crippen LogP contribution in [0.2, 0.25) is 5.31 Å². The van der Waals surface area contributed by atoms with Crippen molar-refractivity contribution in [3.05, 3.63) is 0 Å². The lowest BCUT2D eigenvalue weighted by molar-refractivity contribution is -0.141. The van der Waals surface area contributed by atoms with Crippen LogP contribution < -0.4 is 0 Å². The van der Waals surface area contributed by atoms with E-state index in [0.29, 0.717) is 6.61 Å². The molecule has 2 fully saturated rings. The molecule has 1 saturated carbocycles. The predicted octanol–water partition coefficient (Wildman–Crippen LogP) is 0.627. The minimum absolute atomic E-state index is 0.167. The van der Waals surface area contributed by atoms with Crippen LogP contribution in [-0.4, -0.2) is 20.4 Å². The van der Waals surface area contributed by atoms with Gasteiger partial charge in [0, 0.05) is 12.6 Å². The van der Waals surface area contributed by atoms with Crippen LogP contribution >= 0.6 is 0 Å². The molecule has 66 valence electrons. The van der Waals surface area contributed by atoms with Gasteiger partial charge in [-0.1, -0.05) is 13.8 Å². The van der Waals surface area contributed by atoms with Crippen molar-refractivity contribution in [2.45, 2.75) is 25.6 Å². The highest BCUT2D eigenvalue weighted by atomic mass is 16.5. The van der Waals surface area contributed by atoms with Gasteiger partial charge in [-0.3, -0.25) is 4.79 Å². The maximum absolute atomic E-state index is 11.6. The van der Waals surface area contributed by atoms with Crippen LogP contribution in [0.3, 0.4) is 0 Å². The summed E-state index contributed by atoms with van der Waals surface area (Å²) in [5.41, 5.74) is 0. The van der Waals surface area contributed by atoms with Crippen LogP contribution in [0.4, 0.5) is 0 Å². The Morgan fingerprint density at radius 2 is 2.42 bits per heavy atom. The van der Waals surface area contributed by atoms with Crippen LogP contribution in [0.15, 0.2) is 0 Å². The Hall–Kier alpha value is -0.465. The van der Waals surface area contributed by atoms with E-state index in [1.165, 1.54) is 0 Å². The van der Waals surface area contributed by atoms with Crippen molar-refractivity contribution in [2.75, 3.05) is 6.61 Å². The Morgan fingerprint density at radius 1 is 1.75 bits per heavy atom. The van der Waals surface area contributed by atoms with Gasteiger partial charge in [0.15, 0.2) is 0 Å². The molecule has 0 radical (unpaired) electrons. The van der Waals surface area contributed by atoms with Gasteiger partial charge in [-0.15, -0.1) is 0 Å². The second-order valence-corrected chi connectivity index (χ2v) is 4.32. The van der Waals surface area contributed by atoms with Crippen LogP contribution in [-0.2, 0) is 9.53 Å². The molecule has 2 unspecified atom stereocenters. The second-order valence-electron chi connectivity index (χ2n) is 4.32. The number of fused-ring (bicyclic) bond motifs is 1. The summed E-state index contributed by atoms with van der Waals surface area (Å²) < 4.78 is 13.3. The predicted molar refractivity (Wildman–Crippen MR) is 48.6 cm³/mol. The van der Waals surface area contributed by atoms with E-state index < -0.39 is 11.2 Å². The molecule has 0 bridgehead atoms. The van der Waals surface area contributed by atoms with Crippen LogP contribution in [0, 0.1) is 17.7 Å². The maximum Gasteiger partial charge on any atom is 0.304 e. The van der Waals surface area contributed by atoms with E-state index >= 15 is 0 Å². The van der Waals surface area contributed by atoms with Gasteiger partial charge in [0.25, 0.3) is 0 Å². The monoisotopic (exact) mass is 167 g/mol. The third-order valence-electron chi connectivity index (χ3n) is 3.85. The van der Waals surface area contributed by atoms with Crippen LogP contribution in [0.25, 0.3) is 0 Å². The van der Waals surface area contributed by atoms with Crippen molar-refractivity contribution < 1.29 is 10.9 Å². The average Bonchev–Trinajstić information content (AvgIpc) is 2.40. The first-order valence-corrected chi connectivity index (χ1v) is 4.58. The number of carbonyl (C=O) groups excluding carboxylic acids is 1. The van der Waals surface area contributed by atoms with Gasteiger partial charge in [-0.2, -0.15) is 0 Å². The normalized spacial score (nSPS) is 59.5. The molecule has 2 nitrogen and oxygen atoms in total. The van der Waals surface area contributed by atoms with Crippen molar-refractivity contribution in [1.29, 1.82) is 0 Å². The lowest BCUT2D eigenvalue weighted by atomic mass is 9.59. The molecule has 4 atom stereocenters. The molecule has 1 aliphatic heterocycles. The van der Waals surface area contributed by atoms with Crippen molar-refractivity contribution in [2.24, 2.45) is 17.7 Å². The number of cyclic esters (lactones) is 1. The number of hydrogen-bond acceptors (Lipinski definition) is 2. The molecule has 0 amide bonds. The highest BCUT2D eigenvalue weighted by Gasteiger charge is 2.57. The molecule has 0 aromatic heterocycles. The summed E-state index contributed by atoms with van der Waals surface area (Å²) in [7, 11) is 1.89. The van der Waals surface area contributed by atoms with Gasteiger partial charge in [-0.05, 0) is 18.2 Å². The van der Waals surface area contributed by atoms with Gasteiger partial charge < -0.3 is 4.74 Å². The van der Waals surface area contributed by atoms with Gasteiger partial charge in [0.1, 0.15) is 7.85 Å². The lowest BCUT2D eigenvalue weighted by Gasteiger charge is -2.25. The molecule has 2 aliphatic rings. The topological polar surface area (TPSA) is 26.3 Å². The van der Waals surface area contributed by atoms with E-state index in [1.54, 1.807) is 0 Å². The molecule has 2 rings (SSSR count). The average molecular weight is 167 g/mol. The van der Waals surface area contributed by atoms with Gasteiger partial charge >= 0.3 is 5.97 Å². The molecule has 1 saturated heterocycles. The Labute approximate surface area is 75.5 Å². The summed E-state index contributed by atoms with van der Waals surface area (Å²) in [6.45, 7) is 4.45. The molecule has 1 heterocycles. The van der Waals surface area contributed by atoms with E-state index in [-0.39, 0.29) is 17.8 Å². The standard InChI is InChI=1S/C9H15BO2/c1-5-3-7-4-12-8(11)9(7,10)6(5)2/h5-7H,3-4,10H2,1-2H3/t5?,6-,7-,9?/m0/s1/i6D. The summed E-state index contributed by atoms with van der Waals surface area (Å²) in [6.07, 6.45) is 0.947. The van der Waals surface area contributed by atoms with Crippen molar-refractivity contribution in [1.82, 2.24) is 0 Å². The zero-order valence-electron chi connectivity index (χ0n) is 8.89. The van der Waals surface area contributed by atoms with Crippen molar-refractivity contribution in [3.63, 3.8) is 0 Å². The Balaban J connectivity index is 2.45. The molecule has 0 aromatic rings. The molecule has 0 N–H and O–H groups in total. The summed E-state index contributed by atoms with van der Waals surface area (Å²) in [4.78, 5) is 11.6. The number of rotatable bonds is 0. The van der Waals surface area contributed by atoms with E-state index in [4.69, 9.17) is 6.11 Å². The van der Waals surface area contributed by atoms with Crippen LogP contribution in [0.5, 0.6) is 0 Å². The van der Waals surface area contributed by atoms with Crippen molar-refractivity contribution in [3.8, 4) is 0 Å². The highest BCUT2D eigenvalue weighted by molar-refractivity contribution is 6.28. The number of hydrogen-bond donors (Lipinski definition) is 0. The zero-order valence-corrected chi connectivity index (χ0v) is 7.89. The molecule has 0 spiro atoms. The van der Waals surface area contributed by atoms with E-state index in [1.807, 2.05) is 14.8 Å². The molecule has 12 heavy (non-hydrogen) atoms. The zero-order chi connectivity index (χ0) is 9.85. The van der Waals surface area contributed by atoms with Gasteiger partial charge in [0.05, 0.1) is 6.61 Å². The number of ether oxygens (including phenoxy) is 1. The Morgan fingerprint density at radius 3 is 3.00 bits per heavy atom. The largest absolute Gasteiger partial charge is 0.465 e. The van der Waals surface area contributed by atoms with Gasteiger partial charge in [0.2, 0.25) is 0 Å². The first-order chi connectivity index (χ1) is 5.90. The highest BCUT2D eigenvalue weighted by Crippen LogP contribution is 2.58. The third-order valence-corrected chi connectivity index (χ3v) is 3.85. The number of carbonyl (C=O) groups is 1. The third kappa shape index (κ3) is 0.745. The molecule has 0 aromatic carbocycles. The smallest absolute Gasteiger partial charge is 0.304 e. The fourth-order valence-corrected chi connectivity index (χ4v) is 2.56. The fraction of sp³-hybridized carbons (Fsp3) is 0.889. The first-order valence-electron chi connectivity index (χ1n) is 5.08. The number of esters is 1. The SMILES string of the molecule is [2H][C@]1(C)C(C)C[C@H]2COC(=O)C21B. The maximum atomic E-state index is 11.6. The summed E-state index contributed by atoms with van der Waals surface area (Å²) in [5.74, 6) is -0.280. The molecular weight excluding hydrogens is 151 g/mol. The summed E-state index contributed by atoms with van der Waals surface area (Å²) in [6, 6.07) is 0. The minimum atomic E-state index is -0.661. The quantitative estimate of drug-likeness (QED) is 0.390. The van der Waals surface area contributed by atoms with Crippen LogP contribution in [0.1, 0.15) is 21.6 Å². The van der Waals surface area contributed by atoms with E-state index in [9.17, 15) is 4.79 Å². The lowest BCUT2D eigenvalue weighted by Crippen LogP contribution is -2.28. The molecule has 1 aliphatic carbocycles.